The summed E-state index contributed by atoms with van der Waals surface area (Å²) in [4.78, 5) is 7.16. The summed E-state index contributed by atoms with van der Waals surface area (Å²) in [7, 11) is 1.60. The Balaban J connectivity index is 0.00000338. The van der Waals surface area contributed by atoms with E-state index in [2.05, 4.69) is 42.7 Å². The summed E-state index contributed by atoms with van der Waals surface area (Å²) >= 11 is 2.07. The zero-order chi connectivity index (χ0) is 18.2. The topological polar surface area (TPSA) is 57.1 Å². The third-order valence-electron chi connectivity index (χ3n) is 4.41. The Morgan fingerprint density at radius 1 is 1.46 bits per heavy atom. The first-order valence-electron chi connectivity index (χ1n) is 9.05. The van der Waals surface area contributed by atoms with Gasteiger partial charge in [0.25, 0.3) is 0 Å². The number of nitrogens with zero attached hydrogens (tertiary/aromatic N) is 2. The molecular formula is C19H32IN3O2S. The average Bonchev–Trinajstić information content (AvgIpc) is 2.62. The van der Waals surface area contributed by atoms with Crippen molar-refractivity contribution in [1.29, 1.82) is 0 Å². The molecule has 0 bridgehead atoms. The van der Waals surface area contributed by atoms with Crippen LogP contribution in [0.15, 0.2) is 23.2 Å². The highest BCUT2D eigenvalue weighted by molar-refractivity contribution is 14.0. The van der Waals surface area contributed by atoms with Gasteiger partial charge in [0.05, 0.1) is 7.11 Å². The SMILES string of the molecule is CCNC(=NCCc1ccc(OC)cc1O)N1CCSC(C(C)C)C1.I. The standard InChI is InChI=1S/C19H31N3O2S.HI/c1-5-20-19(22-10-11-25-18(13-22)14(2)3)21-9-8-15-6-7-16(24-4)12-17(15)23;/h6-7,12,14,18,23H,5,8-11,13H2,1-4H3,(H,20,21);1H. The van der Waals surface area contributed by atoms with Crippen molar-refractivity contribution in [1.82, 2.24) is 10.2 Å². The summed E-state index contributed by atoms with van der Waals surface area (Å²) in [5.74, 6) is 3.75. The number of aromatic hydroxyl groups is 1. The summed E-state index contributed by atoms with van der Waals surface area (Å²) in [6, 6.07) is 5.43. The van der Waals surface area contributed by atoms with E-state index in [1.165, 1.54) is 0 Å². The van der Waals surface area contributed by atoms with Crippen LogP contribution in [0.5, 0.6) is 11.5 Å². The molecule has 0 aliphatic carbocycles. The lowest BCUT2D eigenvalue weighted by Crippen LogP contribution is -2.49. The molecule has 2 rings (SSSR count). The maximum atomic E-state index is 10.1. The Morgan fingerprint density at radius 3 is 2.85 bits per heavy atom. The molecule has 1 aromatic carbocycles. The van der Waals surface area contributed by atoms with Gasteiger partial charge < -0.3 is 20.1 Å². The third kappa shape index (κ3) is 6.72. The van der Waals surface area contributed by atoms with Crippen molar-refractivity contribution < 1.29 is 9.84 Å². The Labute approximate surface area is 179 Å². The molecule has 1 aromatic rings. The molecule has 0 spiro atoms. The molecule has 1 fully saturated rings. The monoisotopic (exact) mass is 493 g/mol. The van der Waals surface area contributed by atoms with Gasteiger partial charge in [-0.15, -0.1) is 24.0 Å². The Bertz CT molecular complexity index is 584. The maximum absolute atomic E-state index is 10.1. The van der Waals surface area contributed by atoms with E-state index in [1.807, 2.05) is 12.1 Å². The Kier molecular flexibility index (Phi) is 10.5. The number of methoxy groups -OCH3 is 1. The zero-order valence-corrected chi connectivity index (χ0v) is 19.3. The van der Waals surface area contributed by atoms with Gasteiger partial charge in [-0.25, -0.2) is 0 Å². The normalized spacial score (nSPS) is 17.8. The molecule has 2 N–H and O–H groups in total. The van der Waals surface area contributed by atoms with Gasteiger partial charge in [-0.1, -0.05) is 19.9 Å². The van der Waals surface area contributed by atoms with E-state index >= 15 is 0 Å². The fourth-order valence-electron chi connectivity index (χ4n) is 2.86. The minimum Gasteiger partial charge on any atom is -0.508 e. The van der Waals surface area contributed by atoms with E-state index in [0.29, 0.717) is 29.9 Å². The minimum absolute atomic E-state index is 0. The number of hydrogen-bond acceptors (Lipinski definition) is 4. The van der Waals surface area contributed by atoms with Gasteiger partial charge in [0.2, 0.25) is 0 Å². The Hall–Kier alpha value is -0.830. The van der Waals surface area contributed by atoms with E-state index in [1.54, 1.807) is 13.2 Å². The van der Waals surface area contributed by atoms with Crippen LogP contribution in [-0.2, 0) is 6.42 Å². The number of nitrogens with one attached hydrogen (secondary N) is 1. The molecule has 26 heavy (non-hydrogen) atoms. The molecule has 1 heterocycles. The predicted molar refractivity (Wildman–Crippen MR) is 122 cm³/mol. The van der Waals surface area contributed by atoms with Crippen molar-refractivity contribution in [2.45, 2.75) is 32.4 Å². The number of rotatable bonds is 6. The zero-order valence-electron chi connectivity index (χ0n) is 16.2. The third-order valence-corrected chi connectivity index (χ3v) is 5.95. The second-order valence-corrected chi connectivity index (χ2v) is 7.93. The molecular weight excluding hydrogens is 461 g/mol. The smallest absolute Gasteiger partial charge is 0.193 e. The van der Waals surface area contributed by atoms with E-state index in [9.17, 15) is 5.11 Å². The summed E-state index contributed by atoms with van der Waals surface area (Å²) < 4.78 is 5.13. The highest BCUT2D eigenvalue weighted by atomic mass is 127. The van der Waals surface area contributed by atoms with Crippen LogP contribution in [0.2, 0.25) is 0 Å². The molecule has 1 aliphatic rings. The number of phenols is 1. The fraction of sp³-hybridized carbons (Fsp3) is 0.632. The second kappa shape index (κ2) is 11.8. The molecule has 0 amide bonds. The highest BCUT2D eigenvalue weighted by Gasteiger charge is 2.24. The van der Waals surface area contributed by atoms with Crippen molar-refractivity contribution in [3.8, 4) is 11.5 Å². The van der Waals surface area contributed by atoms with Crippen LogP contribution in [0.25, 0.3) is 0 Å². The summed E-state index contributed by atoms with van der Waals surface area (Å²) in [6.07, 6.45) is 0.709. The predicted octanol–water partition coefficient (Wildman–Crippen LogP) is 3.60. The largest absolute Gasteiger partial charge is 0.508 e. The molecule has 1 unspecified atom stereocenters. The van der Waals surface area contributed by atoms with Gasteiger partial charge in [-0.05, 0) is 30.9 Å². The van der Waals surface area contributed by atoms with Crippen molar-refractivity contribution >= 4 is 41.7 Å². The summed E-state index contributed by atoms with van der Waals surface area (Å²) in [5, 5.41) is 14.1. The highest BCUT2D eigenvalue weighted by Crippen LogP contribution is 2.25. The number of benzene rings is 1. The first-order valence-corrected chi connectivity index (χ1v) is 10.1. The van der Waals surface area contributed by atoms with Crippen LogP contribution < -0.4 is 10.1 Å². The van der Waals surface area contributed by atoms with E-state index in [4.69, 9.17) is 9.73 Å². The fourth-order valence-corrected chi connectivity index (χ4v) is 4.16. The minimum atomic E-state index is 0. The molecule has 0 radical (unpaired) electrons. The van der Waals surface area contributed by atoms with Gasteiger partial charge in [0.1, 0.15) is 11.5 Å². The number of halogens is 1. The number of phenolic OH excluding ortho intramolecular Hbond substituents is 1. The van der Waals surface area contributed by atoms with Crippen molar-refractivity contribution in [2.75, 3.05) is 39.0 Å². The number of hydrogen-bond donors (Lipinski definition) is 2. The quantitative estimate of drug-likeness (QED) is 0.361. The molecule has 5 nitrogen and oxygen atoms in total. The van der Waals surface area contributed by atoms with Crippen LogP contribution in [0.1, 0.15) is 26.3 Å². The van der Waals surface area contributed by atoms with Crippen LogP contribution in [0.4, 0.5) is 0 Å². The van der Waals surface area contributed by atoms with Crippen LogP contribution in [0, 0.1) is 5.92 Å². The summed E-state index contributed by atoms with van der Waals surface area (Å²) in [5.41, 5.74) is 0.898. The number of ether oxygens (including phenoxy) is 1. The number of aliphatic imine (C=N–C) groups is 1. The molecule has 0 saturated carbocycles. The van der Waals surface area contributed by atoms with Gasteiger partial charge in [0.15, 0.2) is 5.96 Å². The van der Waals surface area contributed by atoms with Gasteiger partial charge in [0, 0.05) is 43.2 Å². The van der Waals surface area contributed by atoms with Crippen LogP contribution in [0.3, 0.4) is 0 Å². The van der Waals surface area contributed by atoms with Gasteiger partial charge >= 0.3 is 0 Å². The van der Waals surface area contributed by atoms with E-state index in [-0.39, 0.29) is 29.7 Å². The summed E-state index contributed by atoms with van der Waals surface area (Å²) in [6.45, 7) is 10.3. The second-order valence-electron chi connectivity index (χ2n) is 6.58. The van der Waals surface area contributed by atoms with E-state index < -0.39 is 0 Å². The van der Waals surface area contributed by atoms with E-state index in [0.717, 1.165) is 36.9 Å². The molecule has 1 aliphatic heterocycles. The van der Waals surface area contributed by atoms with Crippen LogP contribution >= 0.6 is 35.7 Å². The Morgan fingerprint density at radius 2 is 2.23 bits per heavy atom. The van der Waals surface area contributed by atoms with Gasteiger partial charge in [-0.2, -0.15) is 11.8 Å². The van der Waals surface area contributed by atoms with Crippen molar-refractivity contribution in [3.05, 3.63) is 23.8 Å². The maximum Gasteiger partial charge on any atom is 0.193 e. The first-order chi connectivity index (χ1) is 12.0. The first kappa shape index (κ1) is 23.2. The molecule has 7 heteroatoms. The lowest BCUT2D eigenvalue weighted by Gasteiger charge is -2.36. The van der Waals surface area contributed by atoms with Gasteiger partial charge in [-0.3, -0.25) is 4.99 Å². The molecule has 1 saturated heterocycles. The number of thioether (sulfide) groups is 1. The lowest BCUT2D eigenvalue weighted by molar-refractivity contribution is 0.381. The molecule has 0 aromatic heterocycles. The average molecular weight is 493 g/mol. The molecule has 1 atom stereocenters. The van der Waals surface area contributed by atoms with Crippen molar-refractivity contribution in [3.63, 3.8) is 0 Å². The molecule has 148 valence electrons. The number of guanidine groups is 1. The van der Waals surface area contributed by atoms with Crippen molar-refractivity contribution in [2.24, 2.45) is 10.9 Å². The lowest BCUT2D eigenvalue weighted by atomic mass is 10.1. The van der Waals surface area contributed by atoms with Crippen LogP contribution in [-0.4, -0.2) is 60.3 Å².